The molecule has 1 unspecified atom stereocenters. The van der Waals surface area contributed by atoms with Crippen LogP contribution in [0.1, 0.15) is 38.2 Å². The Balaban J connectivity index is 1.70. The first kappa shape index (κ1) is 13.5. The van der Waals surface area contributed by atoms with Gasteiger partial charge in [-0.15, -0.1) is 0 Å². The van der Waals surface area contributed by atoms with E-state index >= 15 is 0 Å². The van der Waals surface area contributed by atoms with E-state index < -0.39 is 0 Å². The van der Waals surface area contributed by atoms with Crippen molar-refractivity contribution in [1.29, 1.82) is 0 Å². The van der Waals surface area contributed by atoms with Gasteiger partial charge in [0, 0.05) is 5.25 Å². The van der Waals surface area contributed by atoms with Crippen LogP contribution in [0.2, 0.25) is 0 Å². The van der Waals surface area contributed by atoms with Crippen molar-refractivity contribution in [3.8, 4) is 0 Å². The molecule has 2 heteroatoms. The summed E-state index contributed by atoms with van der Waals surface area (Å²) in [6.07, 6.45) is 7.26. The molecule has 18 heavy (non-hydrogen) atoms. The molecule has 1 saturated heterocycles. The molecule has 0 radical (unpaired) electrons. The van der Waals surface area contributed by atoms with Crippen LogP contribution in [0.5, 0.6) is 0 Å². The van der Waals surface area contributed by atoms with Gasteiger partial charge in [-0.25, -0.2) is 0 Å². The van der Waals surface area contributed by atoms with E-state index in [9.17, 15) is 0 Å². The number of rotatable bonds is 5. The first-order chi connectivity index (χ1) is 8.86. The summed E-state index contributed by atoms with van der Waals surface area (Å²) in [7, 11) is 0. The van der Waals surface area contributed by atoms with Crippen molar-refractivity contribution < 1.29 is 4.74 Å². The summed E-state index contributed by atoms with van der Waals surface area (Å²) in [5.41, 5.74) is 2.44. The minimum atomic E-state index is 0.823. The molecule has 0 bridgehead atoms. The van der Waals surface area contributed by atoms with Crippen LogP contribution in [0.15, 0.2) is 36.6 Å². The van der Waals surface area contributed by atoms with Crippen LogP contribution in [0.4, 0.5) is 0 Å². The molecular formula is C16H22OS. The van der Waals surface area contributed by atoms with E-state index in [4.69, 9.17) is 4.74 Å². The topological polar surface area (TPSA) is 9.23 Å². The van der Waals surface area contributed by atoms with Crippen molar-refractivity contribution in [1.82, 2.24) is 0 Å². The normalized spacial score (nSPS) is 20.7. The molecule has 1 aromatic carbocycles. The summed E-state index contributed by atoms with van der Waals surface area (Å²) >= 11 is 2.12. The average molecular weight is 262 g/mol. The van der Waals surface area contributed by atoms with Crippen LogP contribution in [-0.4, -0.2) is 17.6 Å². The second kappa shape index (κ2) is 7.52. The molecule has 0 N–H and O–H groups in total. The first-order valence-corrected chi connectivity index (χ1v) is 7.86. The highest BCUT2D eigenvalue weighted by molar-refractivity contribution is 7.99. The summed E-state index contributed by atoms with van der Waals surface area (Å²) in [5.74, 6) is 1.34. The molecule has 0 spiro atoms. The number of hydrogen-bond donors (Lipinski definition) is 0. The molecule has 1 heterocycles. The van der Waals surface area contributed by atoms with Crippen LogP contribution >= 0.6 is 11.8 Å². The number of benzene rings is 1. The lowest BCUT2D eigenvalue weighted by atomic mass is 10.1. The van der Waals surface area contributed by atoms with Crippen LogP contribution in [-0.2, 0) is 4.74 Å². The lowest BCUT2D eigenvalue weighted by Crippen LogP contribution is -2.11. The van der Waals surface area contributed by atoms with Crippen LogP contribution in [0.25, 0.3) is 5.57 Å². The number of allylic oxidation sites excluding steroid dienone is 1. The molecule has 0 amide bonds. The Morgan fingerprint density at radius 3 is 2.89 bits per heavy atom. The van der Waals surface area contributed by atoms with Gasteiger partial charge < -0.3 is 4.74 Å². The Labute approximate surface area is 115 Å². The molecule has 1 nitrogen and oxygen atoms in total. The summed E-state index contributed by atoms with van der Waals surface area (Å²) in [5, 5.41) is 0.823. The maximum atomic E-state index is 5.68. The monoisotopic (exact) mass is 262 g/mol. The minimum absolute atomic E-state index is 0.823. The second-order valence-corrected chi connectivity index (χ2v) is 6.22. The Kier molecular flexibility index (Phi) is 5.66. The smallest absolute Gasteiger partial charge is 0.0884 e. The molecule has 1 atom stereocenters. The Bertz CT molecular complexity index is 366. The van der Waals surface area contributed by atoms with E-state index in [2.05, 4.69) is 43.0 Å². The van der Waals surface area contributed by atoms with Crippen molar-refractivity contribution in [3.05, 3.63) is 42.2 Å². The fourth-order valence-electron chi connectivity index (χ4n) is 2.19. The fourth-order valence-corrected chi connectivity index (χ4v) is 3.49. The first-order valence-electron chi connectivity index (χ1n) is 6.81. The molecule has 2 rings (SSSR count). The van der Waals surface area contributed by atoms with E-state index in [1.165, 1.54) is 42.6 Å². The van der Waals surface area contributed by atoms with E-state index in [-0.39, 0.29) is 0 Å². The average Bonchev–Trinajstić information content (AvgIpc) is 2.45. The second-order valence-electron chi connectivity index (χ2n) is 4.81. The third kappa shape index (κ3) is 4.41. The molecule has 1 aliphatic heterocycles. The maximum absolute atomic E-state index is 5.68. The van der Waals surface area contributed by atoms with Crippen molar-refractivity contribution in [2.75, 3.05) is 12.4 Å². The standard InChI is InChI=1S/C16H22OS/c1-14(15-7-3-2-4-8-15)13-17-11-10-16-9-5-6-12-18-16/h2-4,7-8,13,16H,5-6,9-12H2,1H3/b14-13-. The van der Waals surface area contributed by atoms with Gasteiger partial charge in [0.2, 0.25) is 0 Å². The quantitative estimate of drug-likeness (QED) is 0.560. The zero-order valence-electron chi connectivity index (χ0n) is 11.1. The Hall–Kier alpha value is -0.890. The van der Waals surface area contributed by atoms with Gasteiger partial charge in [0.1, 0.15) is 0 Å². The number of ether oxygens (including phenoxy) is 1. The van der Waals surface area contributed by atoms with Gasteiger partial charge in [-0.2, -0.15) is 11.8 Å². The lowest BCUT2D eigenvalue weighted by molar-refractivity contribution is 0.243. The van der Waals surface area contributed by atoms with Crippen molar-refractivity contribution in [2.45, 2.75) is 37.9 Å². The highest BCUT2D eigenvalue weighted by atomic mass is 32.2. The fraction of sp³-hybridized carbons (Fsp3) is 0.500. The molecular weight excluding hydrogens is 240 g/mol. The van der Waals surface area contributed by atoms with E-state index in [0.29, 0.717) is 0 Å². The molecule has 0 aromatic heterocycles. The summed E-state index contributed by atoms with van der Waals surface area (Å²) in [6, 6.07) is 10.4. The largest absolute Gasteiger partial charge is 0.501 e. The minimum Gasteiger partial charge on any atom is -0.501 e. The highest BCUT2D eigenvalue weighted by Gasteiger charge is 2.13. The van der Waals surface area contributed by atoms with Crippen molar-refractivity contribution >= 4 is 17.3 Å². The number of hydrogen-bond acceptors (Lipinski definition) is 2. The Morgan fingerprint density at radius 2 is 2.17 bits per heavy atom. The van der Waals surface area contributed by atoms with Gasteiger partial charge in [-0.3, -0.25) is 0 Å². The van der Waals surface area contributed by atoms with Gasteiger partial charge >= 0.3 is 0 Å². The van der Waals surface area contributed by atoms with E-state index in [1.807, 2.05) is 12.3 Å². The third-order valence-electron chi connectivity index (χ3n) is 3.32. The van der Waals surface area contributed by atoms with Crippen LogP contribution in [0, 0.1) is 0 Å². The van der Waals surface area contributed by atoms with E-state index in [1.54, 1.807) is 0 Å². The molecule has 1 aromatic rings. The number of thioether (sulfide) groups is 1. The van der Waals surface area contributed by atoms with Crippen LogP contribution < -0.4 is 0 Å². The summed E-state index contributed by atoms with van der Waals surface area (Å²) in [4.78, 5) is 0. The molecule has 0 aliphatic carbocycles. The molecule has 1 aliphatic rings. The maximum Gasteiger partial charge on any atom is 0.0884 e. The van der Waals surface area contributed by atoms with Crippen molar-refractivity contribution in [3.63, 3.8) is 0 Å². The molecule has 1 fully saturated rings. The summed E-state index contributed by atoms with van der Waals surface area (Å²) in [6.45, 7) is 2.95. The SMILES string of the molecule is C/C(=C/OCCC1CCCCS1)c1ccccc1. The lowest BCUT2D eigenvalue weighted by Gasteiger charge is -2.20. The van der Waals surface area contributed by atoms with Gasteiger partial charge in [-0.05, 0) is 43.1 Å². The van der Waals surface area contributed by atoms with Crippen molar-refractivity contribution in [2.24, 2.45) is 0 Å². The molecule has 0 saturated carbocycles. The molecule has 98 valence electrons. The van der Waals surface area contributed by atoms with Gasteiger partial charge in [-0.1, -0.05) is 36.8 Å². The van der Waals surface area contributed by atoms with Gasteiger partial charge in [0.15, 0.2) is 0 Å². The third-order valence-corrected chi connectivity index (χ3v) is 4.79. The van der Waals surface area contributed by atoms with Gasteiger partial charge in [0.25, 0.3) is 0 Å². The summed E-state index contributed by atoms with van der Waals surface area (Å²) < 4.78 is 5.68. The Morgan fingerprint density at radius 1 is 1.33 bits per heavy atom. The van der Waals surface area contributed by atoms with E-state index in [0.717, 1.165) is 11.9 Å². The highest BCUT2D eigenvalue weighted by Crippen LogP contribution is 2.27. The predicted octanol–water partition coefficient (Wildman–Crippen LogP) is 4.74. The van der Waals surface area contributed by atoms with Crippen LogP contribution in [0.3, 0.4) is 0 Å². The zero-order valence-corrected chi connectivity index (χ0v) is 11.9. The zero-order chi connectivity index (χ0) is 12.6. The van der Waals surface area contributed by atoms with Gasteiger partial charge in [0.05, 0.1) is 12.9 Å². The predicted molar refractivity (Wildman–Crippen MR) is 80.8 cm³/mol.